The summed E-state index contributed by atoms with van der Waals surface area (Å²) in [7, 11) is 2.01. The van der Waals surface area contributed by atoms with Gasteiger partial charge in [-0.25, -0.2) is 0 Å². The molecule has 0 fully saturated rings. The van der Waals surface area contributed by atoms with Gasteiger partial charge >= 0.3 is 0 Å². The van der Waals surface area contributed by atoms with Crippen LogP contribution in [0.2, 0.25) is 0 Å². The lowest BCUT2D eigenvalue weighted by Gasteiger charge is -2.33. The van der Waals surface area contributed by atoms with Crippen molar-refractivity contribution in [1.82, 2.24) is 5.32 Å². The molecule has 0 saturated carbocycles. The van der Waals surface area contributed by atoms with Gasteiger partial charge in [-0.3, -0.25) is 0 Å². The van der Waals surface area contributed by atoms with Gasteiger partial charge in [0, 0.05) is 6.61 Å². The van der Waals surface area contributed by atoms with E-state index in [0.717, 1.165) is 19.4 Å². The molecule has 1 aromatic rings. The normalized spacial score (nSPS) is 24.9. The quantitative estimate of drug-likeness (QED) is 0.817. The van der Waals surface area contributed by atoms with Crippen molar-refractivity contribution in [2.24, 2.45) is 0 Å². The van der Waals surface area contributed by atoms with E-state index in [9.17, 15) is 0 Å². The maximum absolute atomic E-state index is 5.78. The summed E-state index contributed by atoms with van der Waals surface area (Å²) in [5.74, 6) is 0. The van der Waals surface area contributed by atoms with Crippen molar-refractivity contribution in [1.29, 1.82) is 0 Å². The number of benzene rings is 1. The summed E-state index contributed by atoms with van der Waals surface area (Å²) in [5.41, 5.74) is 2.87. The SMILES string of the molecule is CCOC1CCc2ccccc2C1NC. The van der Waals surface area contributed by atoms with E-state index < -0.39 is 0 Å². The molecular formula is C13H19NO. The van der Waals surface area contributed by atoms with Gasteiger partial charge in [-0.15, -0.1) is 0 Å². The highest BCUT2D eigenvalue weighted by Crippen LogP contribution is 2.31. The molecule has 15 heavy (non-hydrogen) atoms. The van der Waals surface area contributed by atoms with Crippen LogP contribution < -0.4 is 5.32 Å². The lowest BCUT2D eigenvalue weighted by Crippen LogP contribution is -2.35. The maximum atomic E-state index is 5.78. The van der Waals surface area contributed by atoms with Crippen LogP contribution in [0.5, 0.6) is 0 Å². The third-order valence-electron chi connectivity index (χ3n) is 3.15. The summed E-state index contributed by atoms with van der Waals surface area (Å²) in [6.07, 6.45) is 2.59. The third-order valence-corrected chi connectivity index (χ3v) is 3.15. The highest BCUT2D eigenvalue weighted by molar-refractivity contribution is 5.33. The molecule has 0 amide bonds. The summed E-state index contributed by atoms with van der Waals surface area (Å²) in [4.78, 5) is 0. The van der Waals surface area contributed by atoms with Gasteiger partial charge in [-0.1, -0.05) is 24.3 Å². The topological polar surface area (TPSA) is 21.3 Å². The number of hydrogen-bond donors (Lipinski definition) is 1. The van der Waals surface area contributed by atoms with Crippen LogP contribution in [0, 0.1) is 0 Å². The van der Waals surface area contributed by atoms with Crippen LogP contribution >= 0.6 is 0 Å². The van der Waals surface area contributed by atoms with Gasteiger partial charge in [-0.05, 0) is 37.9 Å². The largest absolute Gasteiger partial charge is 0.377 e. The fourth-order valence-electron chi connectivity index (χ4n) is 2.46. The Labute approximate surface area is 91.6 Å². The lowest BCUT2D eigenvalue weighted by molar-refractivity contribution is 0.0254. The Morgan fingerprint density at radius 1 is 1.40 bits per heavy atom. The first-order chi connectivity index (χ1) is 7.36. The van der Waals surface area contributed by atoms with Gasteiger partial charge in [0.1, 0.15) is 0 Å². The molecule has 82 valence electrons. The monoisotopic (exact) mass is 205 g/mol. The Hall–Kier alpha value is -0.860. The Kier molecular flexibility index (Phi) is 3.39. The van der Waals surface area contributed by atoms with E-state index in [1.54, 1.807) is 0 Å². The minimum atomic E-state index is 0.329. The summed E-state index contributed by atoms with van der Waals surface area (Å²) >= 11 is 0. The predicted molar refractivity (Wildman–Crippen MR) is 62.0 cm³/mol. The zero-order chi connectivity index (χ0) is 10.7. The van der Waals surface area contributed by atoms with Crippen molar-refractivity contribution in [3.05, 3.63) is 35.4 Å². The van der Waals surface area contributed by atoms with Crippen LogP contribution in [0.3, 0.4) is 0 Å². The number of nitrogens with one attached hydrogen (secondary N) is 1. The molecule has 0 aromatic heterocycles. The van der Waals surface area contributed by atoms with Crippen molar-refractivity contribution >= 4 is 0 Å². The van der Waals surface area contributed by atoms with Crippen molar-refractivity contribution in [2.45, 2.75) is 31.9 Å². The first kappa shape index (κ1) is 10.7. The minimum Gasteiger partial charge on any atom is -0.377 e. The smallest absolute Gasteiger partial charge is 0.0772 e. The highest BCUT2D eigenvalue weighted by Gasteiger charge is 2.28. The zero-order valence-electron chi connectivity index (χ0n) is 9.49. The van der Waals surface area contributed by atoms with Crippen LogP contribution in [-0.2, 0) is 11.2 Å². The number of likely N-dealkylation sites (N-methyl/N-ethyl adjacent to an activating group) is 1. The summed E-state index contributed by atoms with van der Waals surface area (Å²) in [6.45, 7) is 2.86. The number of fused-ring (bicyclic) bond motifs is 1. The first-order valence-corrected chi connectivity index (χ1v) is 5.73. The number of rotatable bonds is 3. The Balaban J connectivity index is 2.26. The fourth-order valence-corrected chi connectivity index (χ4v) is 2.46. The second-order valence-corrected chi connectivity index (χ2v) is 4.00. The van der Waals surface area contributed by atoms with Crippen LogP contribution in [0.15, 0.2) is 24.3 Å². The van der Waals surface area contributed by atoms with E-state index in [1.165, 1.54) is 11.1 Å². The van der Waals surface area contributed by atoms with Crippen molar-refractivity contribution in [3.63, 3.8) is 0 Å². The molecule has 0 heterocycles. The van der Waals surface area contributed by atoms with E-state index in [-0.39, 0.29) is 0 Å². The van der Waals surface area contributed by atoms with Gasteiger partial charge < -0.3 is 10.1 Å². The van der Waals surface area contributed by atoms with E-state index in [0.29, 0.717) is 12.1 Å². The average Bonchev–Trinajstić information content (AvgIpc) is 2.29. The predicted octanol–water partition coefficient (Wildman–Crippen LogP) is 2.30. The standard InChI is InChI=1S/C13H19NO/c1-3-15-12-9-8-10-6-4-5-7-11(10)13(12)14-2/h4-7,12-14H,3,8-9H2,1-2H3. The summed E-state index contributed by atoms with van der Waals surface area (Å²) in [5, 5.41) is 3.37. The molecule has 0 radical (unpaired) electrons. The van der Waals surface area contributed by atoms with Crippen LogP contribution in [0.4, 0.5) is 0 Å². The molecule has 2 heteroatoms. The van der Waals surface area contributed by atoms with E-state index in [2.05, 4.69) is 36.5 Å². The molecular weight excluding hydrogens is 186 g/mol. The molecule has 2 atom stereocenters. The maximum Gasteiger partial charge on any atom is 0.0772 e. The molecule has 2 unspecified atom stereocenters. The lowest BCUT2D eigenvalue weighted by atomic mass is 9.85. The average molecular weight is 205 g/mol. The Bertz CT molecular complexity index is 324. The summed E-state index contributed by atoms with van der Waals surface area (Å²) < 4.78 is 5.78. The second kappa shape index (κ2) is 4.77. The highest BCUT2D eigenvalue weighted by atomic mass is 16.5. The molecule has 1 aromatic carbocycles. The van der Waals surface area contributed by atoms with Crippen molar-refractivity contribution < 1.29 is 4.74 Å². The molecule has 0 spiro atoms. The van der Waals surface area contributed by atoms with Crippen LogP contribution in [0.1, 0.15) is 30.5 Å². The van der Waals surface area contributed by atoms with Crippen LogP contribution in [-0.4, -0.2) is 19.8 Å². The molecule has 2 rings (SSSR count). The van der Waals surface area contributed by atoms with Crippen molar-refractivity contribution in [3.8, 4) is 0 Å². The number of hydrogen-bond acceptors (Lipinski definition) is 2. The van der Waals surface area contributed by atoms with Gasteiger partial charge in [0.15, 0.2) is 0 Å². The van der Waals surface area contributed by atoms with Gasteiger partial charge in [0.05, 0.1) is 12.1 Å². The number of aryl methyl sites for hydroxylation is 1. The zero-order valence-corrected chi connectivity index (χ0v) is 9.49. The van der Waals surface area contributed by atoms with Crippen molar-refractivity contribution in [2.75, 3.05) is 13.7 Å². The Morgan fingerprint density at radius 3 is 2.93 bits per heavy atom. The fraction of sp³-hybridized carbons (Fsp3) is 0.538. The Morgan fingerprint density at radius 2 is 2.20 bits per heavy atom. The minimum absolute atomic E-state index is 0.329. The van der Waals surface area contributed by atoms with E-state index in [4.69, 9.17) is 4.74 Å². The van der Waals surface area contributed by atoms with Gasteiger partial charge in [-0.2, -0.15) is 0 Å². The van der Waals surface area contributed by atoms with E-state index >= 15 is 0 Å². The second-order valence-electron chi connectivity index (χ2n) is 4.00. The molecule has 0 aliphatic heterocycles. The third kappa shape index (κ3) is 2.06. The molecule has 0 saturated heterocycles. The van der Waals surface area contributed by atoms with Gasteiger partial charge in [0.2, 0.25) is 0 Å². The molecule has 0 bridgehead atoms. The number of ether oxygens (including phenoxy) is 1. The molecule has 1 N–H and O–H groups in total. The van der Waals surface area contributed by atoms with E-state index in [1.807, 2.05) is 7.05 Å². The first-order valence-electron chi connectivity index (χ1n) is 5.73. The summed E-state index contributed by atoms with van der Waals surface area (Å²) in [6, 6.07) is 9.02. The van der Waals surface area contributed by atoms with Crippen LogP contribution in [0.25, 0.3) is 0 Å². The molecule has 2 nitrogen and oxygen atoms in total. The van der Waals surface area contributed by atoms with Gasteiger partial charge in [0.25, 0.3) is 0 Å². The molecule has 1 aliphatic rings. The molecule has 1 aliphatic carbocycles.